The van der Waals surface area contributed by atoms with Crippen LogP contribution >= 0.6 is 0 Å². The second-order valence-electron chi connectivity index (χ2n) is 3.06. The maximum atomic E-state index is 12.0. The summed E-state index contributed by atoms with van der Waals surface area (Å²) in [5.41, 5.74) is 0. The quantitative estimate of drug-likeness (QED) is 0.565. The van der Waals surface area contributed by atoms with Crippen LogP contribution in [0.3, 0.4) is 0 Å². The number of nitrogens with zero attached hydrogens (tertiary/aromatic N) is 1. The van der Waals surface area contributed by atoms with E-state index in [1.165, 1.54) is 4.90 Å². The molecule has 0 saturated heterocycles. The molecular weight excluding hydrogens is 205 g/mol. The molecule has 1 unspecified atom stereocenters. The largest absolute Gasteiger partial charge is 1.00 e. The van der Waals surface area contributed by atoms with Gasteiger partial charge in [0.25, 0.3) is 0 Å². The van der Waals surface area contributed by atoms with Gasteiger partial charge in [-0.05, 0) is 26.3 Å². The molecule has 13 heavy (non-hydrogen) atoms. The number of hydrogen-bond donors (Lipinski definition) is 0. The summed E-state index contributed by atoms with van der Waals surface area (Å²) >= 11 is 0. The smallest absolute Gasteiger partial charge is 0.448 e. The summed E-state index contributed by atoms with van der Waals surface area (Å²) in [5.74, 6) is 0. The van der Waals surface area contributed by atoms with E-state index in [0.29, 0.717) is 6.54 Å². The van der Waals surface area contributed by atoms with Gasteiger partial charge in [-0.15, -0.1) is 0 Å². The first-order valence-corrected chi connectivity index (χ1v) is 4.35. The predicted molar refractivity (Wildman–Crippen MR) is 46.1 cm³/mol. The minimum absolute atomic E-state index is 0. The molecule has 0 N–H and O–H groups in total. The summed E-state index contributed by atoms with van der Waals surface area (Å²) in [4.78, 5) is 1.46. The summed E-state index contributed by atoms with van der Waals surface area (Å²) in [6.07, 6.45) is 0.0332. The van der Waals surface area contributed by atoms with Gasteiger partial charge >= 0.3 is 58.4 Å². The SMILES string of the molecule is CCC(C)N(CC)C[B-](F)(F)F.[K+]. The molecule has 0 fully saturated rings. The van der Waals surface area contributed by atoms with Gasteiger partial charge in [0, 0.05) is 6.04 Å². The van der Waals surface area contributed by atoms with E-state index in [1.807, 2.05) is 13.8 Å². The maximum absolute atomic E-state index is 12.0. The number of halogens is 3. The molecule has 0 aliphatic carbocycles. The average molecular weight is 221 g/mol. The van der Waals surface area contributed by atoms with Gasteiger partial charge < -0.3 is 17.8 Å². The van der Waals surface area contributed by atoms with Gasteiger partial charge in [0.15, 0.2) is 0 Å². The molecule has 1 atom stereocenters. The molecule has 0 spiro atoms. The number of rotatable bonds is 5. The van der Waals surface area contributed by atoms with Crippen molar-refractivity contribution in [1.82, 2.24) is 4.90 Å². The van der Waals surface area contributed by atoms with Crippen molar-refractivity contribution in [3.05, 3.63) is 0 Å². The summed E-state index contributed by atoms with van der Waals surface area (Å²) in [7, 11) is 0. The molecule has 6 heteroatoms. The Bertz CT molecular complexity index is 131. The van der Waals surface area contributed by atoms with Crippen molar-refractivity contribution in [2.24, 2.45) is 0 Å². The van der Waals surface area contributed by atoms with Crippen LogP contribution in [0, 0.1) is 0 Å². The molecule has 74 valence electrons. The van der Waals surface area contributed by atoms with Crippen molar-refractivity contribution in [3.63, 3.8) is 0 Å². The van der Waals surface area contributed by atoms with Gasteiger partial charge in [-0.3, -0.25) is 0 Å². The van der Waals surface area contributed by atoms with Crippen LogP contribution in [0.2, 0.25) is 0 Å². The maximum Gasteiger partial charge on any atom is 1.00 e. The van der Waals surface area contributed by atoms with Crippen LogP contribution in [0.5, 0.6) is 0 Å². The summed E-state index contributed by atoms with van der Waals surface area (Å²) in [6.45, 7) is 1.28. The first-order chi connectivity index (χ1) is 5.40. The molecule has 1 nitrogen and oxygen atoms in total. The Kier molecular flexibility index (Phi) is 10.00. The normalized spacial score (nSPS) is 14.1. The summed E-state index contributed by atoms with van der Waals surface area (Å²) in [5, 5.41) is 0. The van der Waals surface area contributed by atoms with E-state index < -0.39 is 13.4 Å². The second kappa shape index (κ2) is 7.71. The Labute approximate surface area is 121 Å². The van der Waals surface area contributed by atoms with E-state index in [1.54, 1.807) is 6.92 Å². The summed E-state index contributed by atoms with van der Waals surface area (Å²) in [6, 6.07) is 0.0264. The van der Waals surface area contributed by atoms with Crippen LogP contribution in [0.1, 0.15) is 27.2 Å². The third-order valence-electron chi connectivity index (χ3n) is 2.06. The number of hydrogen-bond acceptors (Lipinski definition) is 1. The molecule has 0 aromatic rings. The fourth-order valence-electron chi connectivity index (χ4n) is 1.14. The Balaban J connectivity index is 0. The monoisotopic (exact) mass is 221 g/mol. The Morgan fingerprint density at radius 2 is 1.69 bits per heavy atom. The zero-order valence-corrected chi connectivity index (χ0v) is 12.0. The van der Waals surface area contributed by atoms with Gasteiger partial charge in [-0.1, -0.05) is 13.8 Å². The zero-order valence-electron chi connectivity index (χ0n) is 8.86. The average Bonchev–Trinajstić information content (AvgIpc) is 1.97. The molecule has 0 aliphatic heterocycles. The second-order valence-corrected chi connectivity index (χ2v) is 3.06. The third-order valence-corrected chi connectivity index (χ3v) is 2.06. The van der Waals surface area contributed by atoms with Crippen molar-refractivity contribution < 1.29 is 64.3 Å². The van der Waals surface area contributed by atoms with Crippen LogP contribution < -0.4 is 51.4 Å². The molecule has 0 saturated carbocycles. The minimum atomic E-state index is -4.67. The Morgan fingerprint density at radius 1 is 1.23 bits per heavy atom. The van der Waals surface area contributed by atoms with Crippen LogP contribution in [0.4, 0.5) is 12.9 Å². The van der Waals surface area contributed by atoms with Gasteiger partial charge in [-0.25, -0.2) is 0 Å². The van der Waals surface area contributed by atoms with Crippen molar-refractivity contribution in [2.75, 3.05) is 13.0 Å². The topological polar surface area (TPSA) is 3.24 Å². The Morgan fingerprint density at radius 3 is 1.92 bits per heavy atom. The first-order valence-electron chi connectivity index (χ1n) is 4.35. The van der Waals surface area contributed by atoms with E-state index in [4.69, 9.17) is 0 Å². The molecular formula is C7H16BF3KN. The molecule has 0 aromatic carbocycles. The molecule has 0 amide bonds. The van der Waals surface area contributed by atoms with Crippen molar-refractivity contribution in [1.29, 1.82) is 0 Å². The summed E-state index contributed by atoms with van der Waals surface area (Å²) < 4.78 is 36.0. The molecule has 0 bridgehead atoms. The molecule has 0 aromatic heterocycles. The van der Waals surface area contributed by atoms with Crippen molar-refractivity contribution in [3.8, 4) is 0 Å². The van der Waals surface area contributed by atoms with Crippen molar-refractivity contribution >= 4 is 6.98 Å². The van der Waals surface area contributed by atoms with Crippen molar-refractivity contribution in [2.45, 2.75) is 33.2 Å². The van der Waals surface area contributed by atoms with E-state index >= 15 is 0 Å². The fourth-order valence-corrected chi connectivity index (χ4v) is 1.14. The zero-order chi connectivity index (χ0) is 9.78. The molecule has 0 heterocycles. The van der Waals surface area contributed by atoms with Gasteiger partial charge in [0.1, 0.15) is 0 Å². The molecule has 0 aliphatic rings. The Hall–Kier alpha value is 1.45. The van der Waals surface area contributed by atoms with Gasteiger partial charge in [0.05, 0.1) is 0 Å². The van der Waals surface area contributed by atoms with E-state index in [-0.39, 0.29) is 57.4 Å². The van der Waals surface area contributed by atoms with Gasteiger partial charge in [0.2, 0.25) is 0 Å². The van der Waals surface area contributed by atoms with Gasteiger partial charge in [-0.2, -0.15) is 0 Å². The van der Waals surface area contributed by atoms with Crippen LogP contribution in [-0.2, 0) is 0 Å². The van der Waals surface area contributed by atoms with Crippen LogP contribution in [0.25, 0.3) is 0 Å². The van der Waals surface area contributed by atoms with Crippen LogP contribution in [0.15, 0.2) is 0 Å². The minimum Gasteiger partial charge on any atom is -0.448 e. The fraction of sp³-hybridized carbons (Fsp3) is 1.00. The van der Waals surface area contributed by atoms with E-state index in [0.717, 1.165) is 6.42 Å². The van der Waals surface area contributed by atoms with E-state index in [2.05, 4.69) is 0 Å². The first kappa shape index (κ1) is 16.9. The van der Waals surface area contributed by atoms with Crippen LogP contribution in [-0.4, -0.2) is 30.9 Å². The van der Waals surface area contributed by atoms with E-state index in [9.17, 15) is 12.9 Å². The molecule has 0 radical (unpaired) electrons. The predicted octanol–water partition coefficient (Wildman–Crippen LogP) is -0.503. The third kappa shape index (κ3) is 8.45. The standard InChI is InChI=1S/C7H16BF3N.K/c1-4-7(3)12(5-2)6-8(9,10)11;/h7H,4-6H2,1-3H3;/q-1;+1. The molecule has 0 rings (SSSR count).